The zero-order valence-electron chi connectivity index (χ0n) is 11.9. The number of esters is 1. The van der Waals surface area contributed by atoms with Gasteiger partial charge in [-0.1, -0.05) is 18.2 Å². The summed E-state index contributed by atoms with van der Waals surface area (Å²) < 4.78 is 5.02. The minimum absolute atomic E-state index is 0.169. The van der Waals surface area contributed by atoms with Crippen LogP contribution in [0.1, 0.15) is 6.42 Å². The van der Waals surface area contributed by atoms with Crippen LogP contribution in [0, 0.1) is 23.7 Å². The minimum atomic E-state index is -0.883. The summed E-state index contributed by atoms with van der Waals surface area (Å²) in [5, 5.41) is 12.2. The normalized spacial score (nSPS) is 30.6. The number of fused-ring (bicyclic) bond motifs is 1. The number of rotatable bonds is 3. The molecular weight excluding hydrogens is 286 g/mol. The summed E-state index contributed by atoms with van der Waals surface area (Å²) in [6.45, 7) is -0.273. The van der Waals surface area contributed by atoms with E-state index < -0.39 is 36.2 Å². The quantitative estimate of drug-likeness (QED) is 0.798. The van der Waals surface area contributed by atoms with Crippen molar-refractivity contribution in [1.82, 2.24) is 0 Å². The number of hydrogen-bond acceptors (Lipinski definition) is 5. The molecule has 4 atom stereocenters. The highest BCUT2D eigenvalue weighted by Crippen LogP contribution is 2.41. The molecule has 116 valence electrons. The molecule has 1 amide bonds. The molecule has 1 heterocycles. The maximum Gasteiger partial charge on any atom is 0.310 e. The second-order valence-corrected chi connectivity index (χ2v) is 5.76. The number of ether oxygens (including phenoxy) is 1. The first-order valence-electron chi connectivity index (χ1n) is 7.28. The van der Waals surface area contributed by atoms with Gasteiger partial charge in [-0.2, -0.15) is 0 Å². The van der Waals surface area contributed by atoms with Crippen LogP contribution in [0.4, 0.5) is 5.69 Å². The monoisotopic (exact) mass is 303 g/mol. The Labute approximate surface area is 127 Å². The van der Waals surface area contributed by atoms with Gasteiger partial charge in [0, 0.05) is 18.0 Å². The third kappa shape index (κ3) is 2.50. The van der Waals surface area contributed by atoms with Gasteiger partial charge in [0.15, 0.2) is 0 Å². The number of ketones is 1. The van der Waals surface area contributed by atoms with Gasteiger partial charge in [0.25, 0.3) is 0 Å². The number of carbonyl (C=O) groups is 3. The van der Waals surface area contributed by atoms with Gasteiger partial charge >= 0.3 is 5.97 Å². The van der Waals surface area contributed by atoms with Gasteiger partial charge < -0.3 is 15.2 Å². The van der Waals surface area contributed by atoms with Gasteiger partial charge in [-0.3, -0.25) is 14.4 Å². The number of aliphatic hydroxyl groups is 1. The molecule has 22 heavy (non-hydrogen) atoms. The Kier molecular flexibility index (Phi) is 3.94. The number of cyclic esters (lactones) is 1. The van der Waals surface area contributed by atoms with Crippen molar-refractivity contribution in [2.24, 2.45) is 23.7 Å². The first-order valence-corrected chi connectivity index (χ1v) is 7.28. The lowest BCUT2D eigenvalue weighted by atomic mass is 9.66. The zero-order valence-corrected chi connectivity index (χ0v) is 11.9. The molecule has 0 spiro atoms. The molecule has 0 bridgehead atoms. The maximum atomic E-state index is 12.6. The van der Waals surface area contributed by atoms with Crippen LogP contribution in [-0.4, -0.2) is 36.0 Å². The largest absolute Gasteiger partial charge is 0.465 e. The molecule has 0 radical (unpaired) electrons. The van der Waals surface area contributed by atoms with Crippen LogP contribution < -0.4 is 5.32 Å². The molecule has 3 rings (SSSR count). The second kappa shape index (κ2) is 5.88. The van der Waals surface area contributed by atoms with E-state index in [1.807, 2.05) is 6.07 Å². The average molecular weight is 303 g/mol. The van der Waals surface area contributed by atoms with E-state index >= 15 is 0 Å². The lowest BCUT2D eigenvalue weighted by Crippen LogP contribution is -2.48. The SMILES string of the molecule is O=C1OC[C@H]2CC(=O)[C@@H](CO)[C@@H](C(=O)Nc3ccccc3)[C@@H]12. The maximum absolute atomic E-state index is 12.6. The first-order chi connectivity index (χ1) is 10.6. The third-order valence-electron chi connectivity index (χ3n) is 4.46. The zero-order chi connectivity index (χ0) is 15.7. The van der Waals surface area contributed by atoms with Crippen molar-refractivity contribution in [2.75, 3.05) is 18.5 Å². The topological polar surface area (TPSA) is 92.7 Å². The smallest absolute Gasteiger partial charge is 0.310 e. The van der Waals surface area contributed by atoms with Crippen LogP contribution in [0.2, 0.25) is 0 Å². The van der Waals surface area contributed by atoms with Gasteiger partial charge in [-0.15, -0.1) is 0 Å². The van der Waals surface area contributed by atoms with Crippen molar-refractivity contribution < 1.29 is 24.2 Å². The predicted octanol–water partition coefficient (Wildman–Crippen LogP) is 0.612. The molecule has 2 aliphatic rings. The van der Waals surface area contributed by atoms with Gasteiger partial charge in [-0.25, -0.2) is 0 Å². The molecule has 1 aliphatic heterocycles. The number of aliphatic hydroxyl groups excluding tert-OH is 1. The summed E-state index contributed by atoms with van der Waals surface area (Å²) in [4.78, 5) is 36.7. The van der Waals surface area contributed by atoms with E-state index in [-0.39, 0.29) is 24.7 Å². The Morgan fingerprint density at radius 1 is 1.27 bits per heavy atom. The van der Waals surface area contributed by atoms with Gasteiger partial charge in [0.05, 0.1) is 31.0 Å². The van der Waals surface area contributed by atoms with E-state index in [1.165, 1.54) is 0 Å². The molecule has 0 unspecified atom stereocenters. The van der Waals surface area contributed by atoms with Crippen LogP contribution in [0.15, 0.2) is 30.3 Å². The first kappa shape index (κ1) is 14.7. The molecular formula is C16H17NO5. The van der Waals surface area contributed by atoms with Gasteiger partial charge in [0.2, 0.25) is 5.91 Å². The number of nitrogens with one attached hydrogen (secondary N) is 1. The number of hydrogen-bond donors (Lipinski definition) is 2. The Morgan fingerprint density at radius 3 is 2.68 bits per heavy atom. The van der Waals surface area contributed by atoms with E-state index in [2.05, 4.69) is 5.32 Å². The van der Waals surface area contributed by atoms with E-state index in [9.17, 15) is 19.5 Å². The Bertz CT molecular complexity index is 600. The summed E-state index contributed by atoms with van der Waals surface area (Å²) in [7, 11) is 0. The number of para-hydroxylation sites is 1. The fraction of sp³-hybridized carbons (Fsp3) is 0.438. The highest BCUT2D eigenvalue weighted by Gasteiger charge is 2.54. The van der Waals surface area contributed by atoms with Crippen LogP contribution in [0.5, 0.6) is 0 Å². The van der Waals surface area contributed by atoms with Crippen molar-refractivity contribution in [3.63, 3.8) is 0 Å². The van der Waals surface area contributed by atoms with Gasteiger partial charge in [0.1, 0.15) is 5.78 Å². The number of anilines is 1. The molecule has 2 fully saturated rings. The fourth-order valence-corrected chi connectivity index (χ4v) is 3.38. The molecule has 0 aromatic heterocycles. The molecule has 1 saturated heterocycles. The third-order valence-corrected chi connectivity index (χ3v) is 4.46. The Hall–Kier alpha value is -2.21. The number of carbonyl (C=O) groups excluding carboxylic acids is 3. The molecule has 6 nitrogen and oxygen atoms in total. The van der Waals surface area contributed by atoms with Gasteiger partial charge in [-0.05, 0) is 12.1 Å². The van der Waals surface area contributed by atoms with Crippen molar-refractivity contribution >= 4 is 23.3 Å². The van der Waals surface area contributed by atoms with Crippen LogP contribution >= 0.6 is 0 Å². The summed E-state index contributed by atoms with van der Waals surface area (Å²) in [5.41, 5.74) is 0.588. The molecule has 1 saturated carbocycles. The molecule has 1 aliphatic carbocycles. The number of Topliss-reactive ketones (excluding diaryl/α,β-unsaturated/α-hetero) is 1. The lowest BCUT2D eigenvalue weighted by molar-refractivity contribution is -0.149. The number of amides is 1. The predicted molar refractivity (Wildman–Crippen MR) is 76.7 cm³/mol. The van der Waals surface area contributed by atoms with Crippen molar-refractivity contribution in [3.8, 4) is 0 Å². The minimum Gasteiger partial charge on any atom is -0.465 e. The fourth-order valence-electron chi connectivity index (χ4n) is 3.38. The van der Waals surface area contributed by atoms with E-state index in [0.717, 1.165) is 0 Å². The van der Waals surface area contributed by atoms with Crippen LogP contribution in [-0.2, 0) is 19.1 Å². The molecule has 1 aromatic carbocycles. The summed E-state index contributed by atoms with van der Waals surface area (Å²) in [5.74, 6) is -3.72. The summed E-state index contributed by atoms with van der Waals surface area (Å²) >= 11 is 0. The van der Waals surface area contributed by atoms with E-state index in [0.29, 0.717) is 5.69 Å². The van der Waals surface area contributed by atoms with Crippen LogP contribution in [0.3, 0.4) is 0 Å². The van der Waals surface area contributed by atoms with E-state index in [4.69, 9.17) is 4.74 Å². The van der Waals surface area contributed by atoms with Crippen molar-refractivity contribution in [3.05, 3.63) is 30.3 Å². The molecule has 1 aromatic rings. The second-order valence-electron chi connectivity index (χ2n) is 5.76. The van der Waals surface area contributed by atoms with E-state index in [1.54, 1.807) is 24.3 Å². The standard InChI is InChI=1S/C16H17NO5/c18-7-11-12(19)6-9-8-22-16(21)13(9)14(11)15(20)17-10-4-2-1-3-5-10/h1-5,9,11,13-14,18H,6-8H2,(H,17,20)/t9-,11-,13+,14-/m1/s1. The van der Waals surface area contributed by atoms with Crippen LogP contribution in [0.25, 0.3) is 0 Å². The Morgan fingerprint density at radius 2 is 2.00 bits per heavy atom. The highest BCUT2D eigenvalue weighted by molar-refractivity contribution is 6.00. The average Bonchev–Trinajstić information content (AvgIpc) is 2.87. The summed E-state index contributed by atoms with van der Waals surface area (Å²) in [6, 6.07) is 8.82. The van der Waals surface area contributed by atoms with Crippen molar-refractivity contribution in [1.29, 1.82) is 0 Å². The number of benzene rings is 1. The highest BCUT2D eigenvalue weighted by atomic mass is 16.5. The van der Waals surface area contributed by atoms with Crippen molar-refractivity contribution in [2.45, 2.75) is 6.42 Å². The molecule has 6 heteroatoms. The summed E-state index contributed by atoms with van der Waals surface area (Å²) in [6.07, 6.45) is 0.177. The molecule has 2 N–H and O–H groups in total. The lowest BCUT2D eigenvalue weighted by Gasteiger charge is -2.34. The Balaban J connectivity index is 1.87.